The van der Waals surface area contributed by atoms with E-state index in [1.807, 2.05) is 0 Å². The van der Waals surface area contributed by atoms with Crippen molar-refractivity contribution in [2.75, 3.05) is 5.32 Å². The van der Waals surface area contributed by atoms with Gasteiger partial charge >= 0.3 is 5.97 Å². The van der Waals surface area contributed by atoms with Crippen LogP contribution in [0.1, 0.15) is 17.5 Å². The first-order chi connectivity index (χ1) is 12.8. The van der Waals surface area contributed by atoms with Crippen molar-refractivity contribution in [3.8, 4) is 0 Å². The van der Waals surface area contributed by atoms with Crippen LogP contribution in [0.5, 0.6) is 0 Å². The quantitative estimate of drug-likeness (QED) is 0.663. The number of anilines is 1. The Hall–Kier alpha value is -2.90. The maximum absolute atomic E-state index is 12.2. The molecule has 0 unspecified atom stereocenters. The molecule has 9 heteroatoms. The number of hydrogen-bond acceptors (Lipinski definition) is 6. The van der Waals surface area contributed by atoms with Gasteiger partial charge in [0.15, 0.2) is 11.5 Å². The largest absolute Gasteiger partial charge is 0.449 e. The van der Waals surface area contributed by atoms with E-state index >= 15 is 0 Å². The molecule has 7 nitrogen and oxygen atoms in total. The number of hydrogen-bond donors (Lipinski definition) is 1. The van der Waals surface area contributed by atoms with Gasteiger partial charge in [0, 0.05) is 17.3 Å². The summed E-state index contributed by atoms with van der Waals surface area (Å²) < 4.78 is 10.4. The smallest absolute Gasteiger partial charge is 0.375 e. The topological polar surface area (TPSA) is 98.5 Å². The predicted octanol–water partition coefficient (Wildman–Crippen LogP) is 3.68. The molecular weight excluding hydrogens is 395 g/mol. The van der Waals surface area contributed by atoms with Crippen LogP contribution in [0.25, 0.3) is 11.0 Å². The van der Waals surface area contributed by atoms with Crippen molar-refractivity contribution in [1.29, 1.82) is 0 Å². The lowest BCUT2D eigenvalue weighted by Crippen LogP contribution is -2.30. The molecule has 3 rings (SSSR count). The molecule has 27 heavy (non-hydrogen) atoms. The Morgan fingerprint density at radius 1 is 1.15 bits per heavy atom. The van der Waals surface area contributed by atoms with Crippen molar-refractivity contribution < 1.29 is 18.7 Å². The molecule has 2 heterocycles. The lowest BCUT2D eigenvalue weighted by Gasteiger charge is -2.13. The van der Waals surface area contributed by atoms with E-state index in [0.29, 0.717) is 10.0 Å². The highest BCUT2D eigenvalue weighted by Gasteiger charge is 2.22. The Balaban J connectivity index is 1.73. The fraction of sp³-hybridized carbons (Fsp3) is 0.111. The molecule has 1 amide bonds. The van der Waals surface area contributed by atoms with Gasteiger partial charge in [0.2, 0.25) is 5.76 Å². The summed E-state index contributed by atoms with van der Waals surface area (Å²) in [6.07, 6.45) is 0.213. The minimum absolute atomic E-state index is 0.182. The van der Waals surface area contributed by atoms with E-state index in [1.54, 1.807) is 6.07 Å². The normalized spacial score (nSPS) is 11.8. The van der Waals surface area contributed by atoms with Crippen LogP contribution in [0.15, 0.2) is 51.8 Å². The number of ether oxygens (including phenoxy) is 1. The second kappa shape index (κ2) is 7.77. The monoisotopic (exact) mass is 406 g/mol. The lowest BCUT2D eigenvalue weighted by molar-refractivity contribution is -0.123. The van der Waals surface area contributed by atoms with E-state index in [4.69, 9.17) is 32.4 Å². The maximum Gasteiger partial charge on any atom is 0.375 e. The van der Waals surface area contributed by atoms with E-state index in [2.05, 4.69) is 10.3 Å². The summed E-state index contributed by atoms with van der Waals surface area (Å²) in [6, 6.07) is 8.48. The molecule has 1 atom stereocenters. The van der Waals surface area contributed by atoms with Gasteiger partial charge in [-0.25, -0.2) is 9.78 Å². The van der Waals surface area contributed by atoms with E-state index in [1.165, 1.54) is 37.4 Å². The second-order valence-electron chi connectivity index (χ2n) is 5.51. The molecule has 0 aliphatic carbocycles. The fourth-order valence-corrected chi connectivity index (χ4v) is 2.46. The molecule has 0 spiro atoms. The summed E-state index contributed by atoms with van der Waals surface area (Å²) in [4.78, 5) is 40.4. The van der Waals surface area contributed by atoms with E-state index < -0.39 is 23.4 Å². The average molecular weight is 407 g/mol. The van der Waals surface area contributed by atoms with Gasteiger partial charge in [-0.2, -0.15) is 0 Å². The summed E-state index contributed by atoms with van der Waals surface area (Å²) in [6.45, 7) is 1.38. The van der Waals surface area contributed by atoms with Crippen LogP contribution in [0.4, 0.5) is 5.82 Å². The molecule has 0 saturated carbocycles. The van der Waals surface area contributed by atoms with Crippen molar-refractivity contribution in [2.45, 2.75) is 13.0 Å². The van der Waals surface area contributed by atoms with Gasteiger partial charge in [0.1, 0.15) is 11.4 Å². The summed E-state index contributed by atoms with van der Waals surface area (Å²) in [5.74, 6) is -1.62. The Labute approximate surface area is 162 Å². The second-order valence-corrected chi connectivity index (χ2v) is 6.39. The van der Waals surface area contributed by atoms with Crippen LogP contribution in [-0.2, 0) is 9.53 Å². The first kappa shape index (κ1) is 18.9. The van der Waals surface area contributed by atoms with Gasteiger partial charge < -0.3 is 14.5 Å². The van der Waals surface area contributed by atoms with Crippen molar-refractivity contribution in [2.24, 2.45) is 0 Å². The number of pyridine rings is 1. The number of nitrogens with one attached hydrogen (secondary N) is 1. The molecule has 1 aromatic carbocycles. The molecule has 2 aromatic heterocycles. The summed E-state index contributed by atoms with van der Waals surface area (Å²) in [5, 5.41) is 3.50. The summed E-state index contributed by atoms with van der Waals surface area (Å²) in [7, 11) is 0. The third kappa shape index (κ3) is 4.45. The SMILES string of the molecule is C[C@H](OC(=O)c1cc(=O)c2cc(Cl)ccc2o1)C(=O)Nc1ccc(Cl)cn1. The van der Waals surface area contributed by atoms with Crippen LogP contribution >= 0.6 is 23.2 Å². The van der Waals surface area contributed by atoms with Crippen LogP contribution in [-0.4, -0.2) is 23.0 Å². The Bertz CT molecular complexity index is 1080. The van der Waals surface area contributed by atoms with E-state index in [-0.39, 0.29) is 22.5 Å². The zero-order valence-electron chi connectivity index (χ0n) is 13.9. The number of halogens is 2. The Morgan fingerprint density at radius 3 is 2.59 bits per heavy atom. The molecule has 0 aliphatic heterocycles. The molecule has 1 N–H and O–H groups in total. The maximum atomic E-state index is 12.2. The van der Waals surface area contributed by atoms with Crippen molar-refractivity contribution in [1.82, 2.24) is 4.98 Å². The van der Waals surface area contributed by atoms with E-state index in [9.17, 15) is 14.4 Å². The van der Waals surface area contributed by atoms with Crippen LogP contribution in [0, 0.1) is 0 Å². The minimum atomic E-state index is -1.15. The number of esters is 1. The van der Waals surface area contributed by atoms with Gasteiger partial charge in [-0.3, -0.25) is 9.59 Å². The number of benzene rings is 1. The Kier molecular flexibility index (Phi) is 5.43. The highest BCUT2D eigenvalue weighted by Crippen LogP contribution is 2.18. The molecule has 138 valence electrons. The molecular formula is C18H12Cl2N2O5. The predicted molar refractivity (Wildman–Crippen MR) is 100 cm³/mol. The minimum Gasteiger partial charge on any atom is -0.449 e. The van der Waals surface area contributed by atoms with Crippen LogP contribution in [0.2, 0.25) is 10.0 Å². The molecule has 0 fully saturated rings. The van der Waals surface area contributed by atoms with Crippen molar-refractivity contribution in [3.05, 3.63) is 68.6 Å². The Morgan fingerprint density at radius 2 is 1.89 bits per heavy atom. The molecule has 0 saturated heterocycles. The number of fused-ring (bicyclic) bond motifs is 1. The highest BCUT2D eigenvalue weighted by atomic mass is 35.5. The number of aromatic nitrogens is 1. The van der Waals surface area contributed by atoms with Crippen LogP contribution in [0.3, 0.4) is 0 Å². The number of rotatable bonds is 4. The standard InChI is InChI=1S/C18H12Cl2N2O5/c1-9(17(24)22-16-5-3-11(20)8-21-16)26-18(25)15-7-13(23)12-6-10(19)2-4-14(12)27-15/h2-9H,1H3,(H,21,22,24)/t9-/m0/s1. The molecule has 0 aliphatic rings. The number of carbonyl (C=O) groups is 2. The lowest BCUT2D eigenvalue weighted by atomic mass is 10.2. The average Bonchev–Trinajstić information content (AvgIpc) is 2.63. The zero-order chi connectivity index (χ0) is 19.6. The van der Waals surface area contributed by atoms with Gasteiger partial charge in [0.25, 0.3) is 5.91 Å². The number of amides is 1. The first-order valence-corrected chi connectivity index (χ1v) is 8.46. The first-order valence-electron chi connectivity index (χ1n) is 7.70. The summed E-state index contributed by atoms with van der Waals surface area (Å²) >= 11 is 11.6. The summed E-state index contributed by atoms with van der Waals surface area (Å²) in [5.41, 5.74) is -0.269. The van der Waals surface area contributed by atoms with Crippen molar-refractivity contribution >= 4 is 51.9 Å². The molecule has 0 bridgehead atoms. The van der Waals surface area contributed by atoms with Crippen molar-refractivity contribution in [3.63, 3.8) is 0 Å². The zero-order valence-corrected chi connectivity index (χ0v) is 15.4. The highest BCUT2D eigenvalue weighted by molar-refractivity contribution is 6.31. The third-order valence-corrected chi connectivity index (χ3v) is 3.98. The van der Waals surface area contributed by atoms with E-state index in [0.717, 1.165) is 6.07 Å². The van der Waals surface area contributed by atoms with Crippen LogP contribution < -0.4 is 10.7 Å². The molecule has 3 aromatic rings. The third-order valence-electron chi connectivity index (χ3n) is 3.52. The van der Waals surface area contributed by atoms with Gasteiger partial charge in [-0.15, -0.1) is 0 Å². The molecule has 0 radical (unpaired) electrons. The van der Waals surface area contributed by atoms with Gasteiger partial charge in [-0.1, -0.05) is 23.2 Å². The van der Waals surface area contributed by atoms with Gasteiger partial charge in [-0.05, 0) is 37.3 Å². The number of nitrogens with zero attached hydrogens (tertiary/aromatic N) is 1. The van der Waals surface area contributed by atoms with Gasteiger partial charge in [0.05, 0.1) is 10.4 Å². The fourth-order valence-electron chi connectivity index (χ4n) is 2.18. The number of carbonyl (C=O) groups excluding carboxylic acids is 2.